The van der Waals surface area contributed by atoms with Crippen molar-refractivity contribution in [2.75, 3.05) is 26.0 Å². The van der Waals surface area contributed by atoms with Gasteiger partial charge in [-0.15, -0.1) is 0 Å². The maximum absolute atomic E-state index is 12.4. The van der Waals surface area contributed by atoms with Crippen molar-refractivity contribution >= 4 is 38.6 Å². The molecular formula is C21H22N2O6S. The minimum absolute atomic E-state index is 0.0405. The summed E-state index contributed by atoms with van der Waals surface area (Å²) in [4.78, 5) is 24.6. The number of hydrogen-bond acceptors (Lipinski definition) is 6. The number of ether oxygens (including phenoxy) is 1. The van der Waals surface area contributed by atoms with E-state index >= 15 is 0 Å². The minimum Gasteiger partial charge on any atom is -0.450 e. The molecule has 0 aliphatic heterocycles. The van der Waals surface area contributed by atoms with Crippen molar-refractivity contribution in [3.63, 3.8) is 0 Å². The van der Waals surface area contributed by atoms with Gasteiger partial charge in [-0.2, -0.15) is 0 Å². The number of esters is 1. The molecule has 3 rings (SSSR count). The first kappa shape index (κ1) is 21.5. The molecule has 8 nitrogen and oxygen atoms in total. The Bertz CT molecular complexity index is 1230. The van der Waals surface area contributed by atoms with Crippen LogP contribution in [0.3, 0.4) is 0 Å². The third kappa shape index (κ3) is 4.22. The summed E-state index contributed by atoms with van der Waals surface area (Å²) in [5.74, 6) is -1.31. The molecule has 0 saturated heterocycles. The van der Waals surface area contributed by atoms with E-state index in [-0.39, 0.29) is 16.3 Å². The number of amides is 1. The monoisotopic (exact) mass is 430 g/mol. The van der Waals surface area contributed by atoms with E-state index in [0.717, 1.165) is 9.69 Å². The van der Waals surface area contributed by atoms with Gasteiger partial charge in [-0.25, -0.2) is 17.5 Å². The second kappa shape index (κ2) is 8.29. The Hall–Kier alpha value is -3.17. The molecule has 9 heteroatoms. The van der Waals surface area contributed by atoms with Gasteiger partial charge in [0, 0.05) is 30.7 Å². The summed E-state index contributed by atoms with van der Waals surface area (Å²) in [6.07, 6.45) is 0. The Balaban J connectivity index is 1.69. The molecule has 1 heterocycles. The summed E-state index contributed by atoms with van der Waals surface area (Å²) in [5.41, 5.74) is 2.02. The highest BCUT2D eigenvalue weighted by Crippen LogP contribution is 2.25. The van der Waals surface area contributed by atoms with E-state index in [2.05, 4.69) is 5.32 Å². The summed E-state index contributed by atoms with van der Waals surface area (Å²) in [6, 6.07) is 11.7. The molecule has 0 aliphatic carbocycles. The van der Waals surface area contributed by atoms with Crippen LogP contribution in [0.25, 0.3) is 11.0 Å². The third-order valence-electron chi connectivity index (χ3n) is 4.59. The highest BCUT2D eigenvalue weighted by molar-refractivity contribution is 7.89. The standard InChI is InChI=1S/C21H22N2O6S/c1-13-9-10-15(11-18(13)30(26,27)23(3)4)22-19(24)12-28-21(25)20-14(2)16-7-5-6-8-17(16)29-20/h5-11H,12H2,1-4H3,(H,22,24). The minimum atomic E-state index is -3.66. The number of hydrogen-bond donors (Lipinski definition) is 1. The molecule has 3 aromatic rings. The highest BCUT2D eigenvalue weighted by atomic mass is 32.2. The van der Waals surface area contributed by atoms with Gasteiger partial charge in [0.15, 0.2) is 6.61 Å². The predicted molar refractivity (Wildman–Crippen MR) is 112 cm³/mol. The van der Waals surface area contributed by atoms with Gasteiger partial charge in [0.05, 0.1) is 4.90 Å². The Labute approximate surface area is 174 Å². The molecule has 0 aliphatic rings. The number of anilines is 1. The largest absolute Gasteiger partial charge is 0.450 e. The highest BCUT2D eigenvalue weighted by Gasteiger charge is 2.22. The van der Waals surface area contributed by atoms with Crippen molar-refractivity contribution in [3.8, 4) is 0 Å². The summed E-state index contributed by atoms with van der Waals surface area (Å²) in [5, 5.41) is 3.33. The van der Waals surface area contributed by atoms with Crippen LogP contribution in [0.15, 0.2) is 51.8 Å². The molecule has 0 unspecified atom stereocenters. The number of carbonyl (C=O) groups is 2. The van der Waals surface area contributed by atoms with Crippen LogP contribution in [0.1, 0.15) is 21.7 Å². The lowest BCUT2D eigenvalue weighted by molar-refractivity contribution is -0.119. The molecule has 2 aromatic carbocycles. The van der Waals surface area contributed by atoms with Crippen molar-refractivity contribution in [3.05, 3.63) is 59.4 Å². The van der Waals surface area contributed by atoms with Gasteiger partial charge in [-0.1, -0.05) is 24.3 Å². The topological polar surface area (TPSA) is 106 Å². The molecule has 0 radical (unpaired) electrons. The molecule has 0 fully saturated rings. The van der Waals surface area contributed by atoms with E-state index in [9.17, 15) is 18.0 Å². The molecule has 0 spiro atoms. The Morgan fingerprint density at radius 2 is 1.80 bits per heavy atom. The molecular weight excluding hydrogens is 408 g/mol. The van der Waals surface area contributed by atoms with E-state index in [1.165, 1.54) is 20.2 Å². The number of nitrogens with one attached hydrogen (secondary N) is 1. The van der Waals surface area contributed by atoms with Crippen LogP contribution in [0.2, 0.25) is 0 Å². The van der Waals surface area contributed by atoms with E-state index in [4.69, 9.17) is 9.15 Å². The second-order valence-electron chi connectivity index (χ2n) is 6.94. The van der Waals surface area contributed by atoms with Gasteiger partial charge >= 0.3 is 5.97 Å². The molecule has 1 N–H and O–H groups in total. The van der Waals surface area contributed by atoms with Crippen molar-refractivity contribution in [2.24, 2.45) is 0 Å². The summed E-state index contributed by atoms with van der Waals surface area (Å²) >= 11 is 0. The fourth-order valence-corrected chi connectivity index (χ4v) is 4.06. The fraction of sp³-hybridized carbons (Fsp3) is 0.238. The SMILES string of the molecule is Cc1ccc(NC(=O)COC(=O)c2oc3ccccc3c2C)cc1S(=O)(=O)N(C)C. The smallest absolute Gasteiger partial charge is 0.375 e. The van der Waals surface area contributed by atoms with Gasteiger partial charge < -0.3 is 14.5 Å². The Morgan fingerprint density at radius 1 is 1.10 bits per heavy atom. The first-order valence-electron chi connectivity index (χ1n) is 9.09. The quantitative estimate of drug-likeness (QED) is 0.603. The zero-order valence-corrected chi connectivity index (χ0v) is 17.9. The van der Waals surface area contributed by atoms with Crippen molar-refractivity contribution in [1.82, 2.24) is 4.31 Å². The van der Waals surface area contributed by atoms with E-state index in [1.807, 2.05) is 12.1 Å². The third-order valence-corrected chi connectivity index (χ3v) is 6.55. The lowest BCUT2D eigenvalue weighted by Gasteiger charge is -2.15. The number of sulfonamides is 1. The maximum Gasteiger partial charge on any atom is 0.375 e. The average Bonchev–Trinajstić information content (AvgIpc) is 3.04. The molecule has 0 saturated carbocycles. The molecule has 30 heavy (non-hydrogen) atoms. The van der Waals surface area contributed by atoms with Crippen LogP contribution >= 0.6 is 0 Å². The van der Waals surface area contributed by atoms with Crippen molar-refractivity contribution in [1.29, 1.82) is 0 Å². The van der Waals surface area contributed by atoms with Crippen molar-refractivity contribution in [2.45, 2.75) is 18.7 Å². The summed E-state index contributed by atoms with van der Waals surface area (Å²) in [7, 11) is -0.801. The summed E-state index contributed by atoms with van der Waals surface area (Å²) < 4.78 is 36.5. The molecule has 0 bridgehead atoms. The van der Waals surface area contributed by atoms with Crippen LogP contribution in [-0.4, -0.2) is 45.3 Å². The number of nitrogens with zero attached hydrogens (tertiary/aromatic N) is 1. The predicted octanol–water partition coefficient (Wildman–Crippen LogP) is 3.10. The zero-order chi connectivity index (χ0) is 22.1. The van der Waals surface area contributed by atoms with Crippen LogP contribution in [0.5, 0.6) is 0 Å². The van der Waals surface area contributed by atoms with Crippen LogP contribution in [0.4, 0.5) is 5.69 Å². The van der Waals surface area contributed by atoms with Crippen LogP contribution < -0.4 is 5.32 Å². The molecule has 1 aromatic heterocycles. The number of carbonyl (C=O) groups excluding carboxylic acids is 2. The molecule has 158 valence electrons. The van der Waals surface area contributed by atoms with Gasteiger partial charge in [0.25, 0.3) is 5.91 Å². The Morgan fingerprint density at radius 3 is 2.47 bits per heavy atom. The van der Waals surface area contributed by atoms with E-state index < -0.39 is 28.5 Å². The first-order chi connectivity index (χ1) is 14.1. The van der Waals surface area contributed by atoms with Gasteiger partial charge in [0.2, 0.25) is 15.8 Å². The van der Waals surface area contributed by atoms with Gasteiger partial charge in [-0.3, -0.25) is 4.79 Å². The zero-order valence-electron chi connectivity index (χ0n) is 17.1. The summed E-state index contributed by atoms with van der Waals surface area (Å²) in [6.45, 7) is 2.86. The van der Waals surface area contributed by atoms with Gasteiger partial charge in [-0.05, 0) is 37.6 Å². The van der Waals surface area contributed by atoms with Gasteiger partial charge in [0.1, 0.15) is 5.58 Å². The number of furan rings is 1. The van der Waals surface area contributed by atoms with Crippen molar-refractivity contribution < 1.29 is 27.2 Å². The lowest BCUT2D eigenvalue weighted by atomic mass is 10.1. The number of rotatable bonds is 6. The first-order valence-corrected chi connectivity index (χ1v) is 10.5. The second-order valence-corrected chi connectivity index (χ2v) is 9.06. The van der Waals surface area contributed by atoms with E-state index in [0.29, 0.717) is 16.7 Å². The number of aryl methyl sites for hydroxylation is 2. The van der Waals surface area contributed by atoms with Crippen LogP contribution in [0, 0.1) is 13.8 Å². The van der Waals surface area contributed by atoms with Crippen LogP contribution in [-0.2, 0) is 19.6 Å². The Kier molecular flexibility index (Phi) is 5.95. The fourth-order valence-electron chi connectivity index (χ4n) is 2.92. The van der Waals surface area contributed by atoms with E-state index in [1.54, 1.807) is 38.1 Å². The lowest BCUT2D eigenvalue weighted by Crippen LogP contribution is -2.24. The maximum atomic E-state index is 12.4. The normalized spacial score (nSPS) is 11.6. The average molecular weight is 430 g/mol. The number of benzene rings is 2. The molecule has 0 atom stereocenters. The number of fused-ring (bicyclic) bond motifs is 1. The molecule has 1 amide bonds. The number of para-hydroxylation sites is 1.